The Morgan fingerprint density at radius 3 is 2.45 bits per heavy atom. The highest BCUT2D eigenvalue weighted by Gasteiger charge is 2.59. The topological polar surface area (TPSA) is 50.3 Å². The number of thioether (sulfide) groups is 1. The number of aromatic nitrogens is 1. The molecule has 2 heterocycles. The maximum absolute atomic E-state index is 13.0. The van der Waals surface area contributed by atoms with E-state index in [1.165, 1.54) is 10.5 Å². The molecule has 4 atom stereocenters. The maximum Gasteiger partial charge on any atom is 0.238 e. The molecule has 29 heavy (non-hydrogen) atoms. The van der Waals surface area contributed by atoms with Gasteiger partial charge in [0.05, 0.1) is 27.7 Å². The van der Waals surface area contributed by atoms with Gasteiger partial charge in [0.15, 0.2) is 4.34 Å². The second kappa shape index (κ2) is 6.54. The van der Waals surface area contributed by atoms with Crippen molar-refractivity contribution in [3.8, 4) is 0 Å². The van der Waals surface area contributed by atoms with Crippen LogP contribution in [-0.2, 0) is 15.3 Å². The minimum Gasteiger partial charge on any atom is -0.274 e. The van der Waals surface area contributed by atoms with E-state index in [0.29, 0.717) is 5.69 Å². The van der Waals surface area contributed by atoms with Crippen LogP contribution in [0.5, 0.6) is 0 Å². The summed E-state index contributed by atoms with van der Waals surface area (Å²) in [6, 6.07) is 16.1. The van der Waals surface area contributed by atoms with Gasteiger partial charge in [-0.2, -0.15) is 0 Å². The van der Waals surface area contributed by atoms with E-state index in [4.69, 9.17) is 4.98 Å². The Kier molecular flexibility index (Phi) is 3.93. The molecular formula is C23H18N2O2S2. The Morgan fingerprint density at radius 1 is 1.00 bits per heavy atom. The summed E-state index contributed by atoms with van der Waals surface area (Å²) in [4.78, 5) is 32.2. The summed E-state index contributed by atoms with van der Waals surface area (Å²) in [6.07, 6.45) is 5.21. The van der Waals surface area contributed by atoms with Crippen molar-refractivity contribution in [3.63, 3.8) is 0 Å². The summed E-state index contributed by atoms with van der Waals surface area (Å²) in [5, 5.41) is 0. The minimum absolute atomic E-state index is 0.0283. The standard InChI is InChI=1S/C23H18N2O2S2/c26-21-19-14-6-7-15(10-14)20(19)22(27)25(21)16-8-9-17-18(11-16)29-23(24-17)28-12-13-4-2-1-3-5-13/h1-9,11,14-15,19-20H,10,12H2/t14-,15-,19-,20+/m0/s1. The molecule has 2 aromatic carbocycles. The molecule has 144 valence electrons. The predicted octanol–water partition coefficient (Wildman–Crippen LogP) is 4.90. The number of nitrogens with zero attached hydrogens (tertiary/aromatic N) is 2. The van der Waals surface area contributed by atoms with Crippen LogP contribution in [0.25, 0.3) is 10.2 Å². The van der Waals surface area contributed by atoms with Crippen LogP contribution >= 0.6 is 23.1 Å². The minimum atomic E-state index is -0.161. The lowest BCUT2D eigenvalue weighted by Crippen LogP contribution is -2.32. The summed E-state index contributed by atoms with van der Waals surface area (Å²) in [5.74, 6) is 0.965. The van der Waals surface area contributed by atoms with E-state index in [1.807, 2.05) is 36.4 Å². The van der Waals surface area contributed by atoms with E-state index in [0.717, 1.165) is 26.7 Å². The van der Waals surface area contributed by atoms with Gasteiger partial charge in [-0.1, -0.05) is 54.2 Å². The van der Waals surface area contributed by atoms with E-state index in [1.54, 1.807) is 23.1 Å². The zero-order chi connectivity index (χ0) is 19.5. The number of hydrogen-bond donors (Lipinski definition) is 0. The predicted molar refractivity (Wildman–Crippen MR) is 116 cm³/mol. The molecule has 2 fully saturated rings. The van der Waals surface area contributed by atoms with Crippen molar-refractivity contribution >= 4 is 50.8 Å². The van der Waals surface area contributed by atoms with Crippen molar-refractivity contribution < 1.29 is 9.59 Å². The van der Waals surface area contributed by atoms with Gasteiger partial charge in [-0.15, -0.1) is 11.3 Å². The van der Waals surface area contributed by atoms with Crippen LogP contribution in [0.3, 0.4) is 0 Å². The molecule has 6 rings (SSSR count). The first-order valence-electron chi connectivity index (χ1n) is 9.82. The monoisotopic (exact) mass is 418 g/mol. The highest BCUT2D eigenvalue weighted by atomic mass is 32.2. The van der Waals surface area contributed by atoms with Gasteiger partial charge in [0.2, 0.25) is 11.8 Å². The quantitative estimate of drug-likeness (QED) is 0.344. The average Bonchev–Trinajstić information content (AvgIpc) is 3.49. The number of amides is 2. The number of carbonyl (C=O) groups is 2. The molecule has 2 amide bonds. The largest absolute Gasteiger partial charge is 0.274 e. The number of benzene rings is 2. The zero-order valence-electron chi connectivity index (χ0n) is 15.5. The van der Waals surface area contributed by atoms with Crippen molar-refractivity contribution in [2.45, 2.75) is 16.5 Å². The van der Waals surface area contributed by atoms with Crippen molar-refractivity contribution in [1.82, 2.24) is 4.98 Å². The summed E-state index contributed by atoms with van der Waals surface area (Å²) in [7, 11) is 0. The number of anilines is 1. The fourth-order valence-electron chi connectivity index (χ4n) is 4.97. The fourth-order valence-corrected chi connectivity index (χ4v) is 7.03. The zero-order valence-corrected chi connectivity index (χ0v) is 17.2. The molecule has 0 N–H and O–H groups in total. The summed E-state index contributed by atoms with van der Waals surface area (Å²) in [5.41, 5.74) is 2.86. The van der Waals surface area contributed by atoms with Crippen molar-refractivity contribution in [1.29, 1.82) is 0 Å². The number of hydrogen-bond acceptors (Lipinski definition) is 5. The van der Waals surface area contributed by atoms with Gasteiger partial charge in [0.1, 0.15) is 0 Å². The van der Waals surface area contributed by atoms with Crippen LogP contribution in [0, 0.1) is 23.7 Å². The molecule has 1 aliphatic heterocycles. The van der Waals surface area contributed by atoms with Crippen molar-refractivity contribution in [3.05, 3.63) is 66.2 Å². The third kappa shape index (κ3) is 2.69. The number of imide groups is 1. The van der Waals surface area contributed by atoms with E-state index in [2.05, 4.69) is 24.3 Å². The van der Waals surface area contributed by atoms with Crippen LogP contribution < -0.4 is 4.90 Å². The Morgan fingerprint density at radius 2 is 1.72 bits per heavy atom. The molecule has 1 aromatic heterocycles. The lowest BCUT2D eigenvalue weighted by Gasteiger charge is -2.17. The van der Waals surface area contributed by atoms with Crippen LogP contribution in [0.4, 0.5) is 5.69 Å². The number of rotatable bonds is 4. The highest BCUT2D eigenvalue weighted by molar-refractivity contribution is 8.00. The highest BCUT2D eigenvalue weighted by Crippen LogP contribution is 2.53. The Hall–Kier alpha value is -2.44. The summed E-state index contributed by atoms with van der Waals surface area (Å²) < 4.78 is 2.01. The van der Waals surface area contributed by atoms with Gasteiger partial charge in [0.25, 0.3) is 0 Å². The number of fused-ring (bicyclic) bond motifs is 6. The van der Waals surface area contributed by atoms with E-state index in [9.17, 15) is 9.59 Å². The Bertz CT molecular complexity index is 1140. The first-order chi connectivity index (χ1) is 14.2. The van der Waals surface area contributed by atoms with Gasteiger partial charge in [0, 0.05) is 5.75 Å². The molecule has 3 aromatic rings. The third-order valence-corrected chi connectivity index (χ3v) is 8.52. The van der Waals surface area contributed by atoms with Crippen molar-refractivity contribution in [2.24, 2.45) is 23.7 Å². The van der Waals surface area contributed by atoms with Gasteiger partial charge < -0.3 is 0 Å². The molecule has 4 nitrogen and oxygen atoms in total. The lowest BCUT2D eigenvalue weighted by molar-refractivity contribution is -0.123. The maximum atomic E-state index is 13.0. The number of carbonyl (C=O) groups excluding carboxylic acids is 2. The molecule has 1 saturated heterocycles. The Labute approximate surface area is 176 Å². The fraction of sp³-hybridized carbons (Fsp3) is 0.261. The average molecular weight is 419 g/mol. The smallest absolute Gasteiger partial charge is 0.238 e. The molecule has 0 radical (unpaired) electrons. The SMILES string of the molecule is O=C1[C@@H]2[C@H](C(=O)N1c1ccc3nc(SCc4ccccc4)sc3c1)[C@H]1C=C[C@H]2C1. The second-order valence-electron chi connectivity index (χ2n) is 7.92. The Balaban J connectivity index is 1.27. The first-order valence-corrected chi connectivity index (χ1v) is 11.6. The first kappa shape index (κ1) is 17.4. The molecule has 6 heteroatoms. The lowest BCUT2D eigenvalue weighted by atomic mass is 9.85. The summed E-state index contributed by atoms with van der Waals surface area (Å²) in [6.45, 7) is 0. The number of allylic oxidation sites excluding steroid dienone is 2. The van der Waals surface area contributed by atoms with Gasteiger partial charge in [-0.25, -0.2) is 9.88 Å². The molecule has 0 spiro atoms. The molecule has 0 unspecified atom stereocenters. The van der Waals surface area contributed by atoms with Gasteiger partial charge in [-0.3, -0.25) is 9.59 Å². The molecule has 3 aliphatic rings. The molecule has 2 aliphatic carbocycles. The van der Waals surface area contributed by atoms with Gasteiger partial charge >= 0.3 is 0 Å². The van der Waals surface area contributed by atoms with Crippen LogP contribution in [-0.4, -0.2) is 16.8 Å². The molecule has 1 saturated carbocycles. The van der Waals surface area contributed by atoms with E-state index >= 15 is 0 Å². The third-order valence-electron chi connectivity index (χ3n) is 6.29. The van der Waals surface area contributed by atoms with Crippen LogP contribution in [0.2, 0.25) is 0 Å². The number of thiazole rings is 1. The van der Waals surface area contributed by atoms with Crippen molar-refractivity contribution in [2.75, 3.05) is 4.90 Å². The van der Waals surface area contributed by atoms with E-state index < -0.39 is 0 Å². The second-order valence-corrected chi connectivity index (χ2v) is 10.2. The van der Waals surface area contributed by atoms with Crippen LogP contribution in [0.1, 0.15) is 12.0 Å². The summed E-state index contributed by atoms with van der Waals surface area (Å²) >= 11 is 3.33. The molecular weight excluding hydrogens is 400 g/mol. The van der Waals surface area contributed by atoms with Gasteiger partial charge in [-0.05, 0) is 42.0 Å². The van der Waals surface area contributed by atoms with Crippen LogP contribution in [0.15, 0.2) is 65.0 Å². The molecule has 2 bridgehead atoms. The van der Waals surface area contributed by atoms with E-state index in [-0.39, 0.29) is 35.5 Å². The normalized spacial score (nSPS) is 27.4.